The Morgan fingerprint density at radius 3 is 2.61 bits per heavy atom. The summed E-state index contributed by atoms with van der Waals surface area (Å²) < 4.78 is 18.7. The van der Waals surface area contributed by atoms with Gasteiger partial charge in [-0.2, -0.15) is 0 Å². The molecule has 0 heterocycles. The minimum Gasteiger partial charge on any atom is -0.487 e. The summed E-state index contributed by atoms with van der Waals surface area (Å²) in [4.78, 5) is 0. The van der Waals surface area contributed by atoms with Crippen LogP contribution in [0.5, 0.6) is 5.75 Å². The van der Waals surface area contributed by atoms with Crippen molar-refractivity contribution >= 4 is 28.9 Å². The number of hydrogen-bond acceptors (Lipinski definition) is 2. The molecular weight excluding hydrogens is 276 g/mol. The SMILES string of the molecule is Nc1ccc(COc2cc(Cl)ccc2Cl)cc1F. The van der Waals surface area contributed by atoms with Gasteiger partial charge in [0.1, 0.15) is 18.2 Å². The summed E-state index contributed by atoms with van der Waals surface area (Å²) >= 11 is 11.8. The minimum absolute atomic E-state index is 0.111. The van der Waals surface area contributed by atoms with Gasteiger partial charge in [0.25, 0.3) is 0 Å². The van der Waals surface area contributed by atoms with Crippen molar-refractivity contribution in [1.82, 2.24) is 0 Å². The second-order valence-corrected chi connectivity index (χ2v) is 4.56. The predicted molar refractivity (Wildman–Crippen MR) is 71.6 cm³/mol. The van der Waals surface area contributed by atoms with E-state index < -0.39 is 5.82 Å². The Kier molecular flexibility index (Phi) is 3.94. The number of nitrogen functional groups attached to an aromatic ring is 1. The molecule has 0 unspecified atom stereocenters. The first-order valence-electron chi connectivity index (χ1n) is 5.18. The van der Waals surface area contributed by atoms with E-state index in [1.807, 2.05) is 0 Å². The molecule has 0 amide bonds. The molecule has 2 nitrogen and oxygen atoms in total. The van der Waals surface area contributed by atoms with Crippen molar-refractivity contribution in [3.63, 3.8) is 0 Å². The molecule has 0 saturated carbocycles. The van der Waals surface area contributed by atoms with Gasteiger partial charge >= 0.3 is 0 Å². The molecule has 0 aliphatic carbocycles. The van der Waals surface area contributed by atoms with Crippen molar-refractivity contribution in [2.75, 3.05) is 5.73 Å². The molecule has 2 rings (SSSR count). The van der Waals surface area contributed by atoms with E-state index in [2.05, 4.69) is 0 Å². The van der Waals surface area contributed by atoms with Crippen LogP contribution in [0.1, 0.15) is 5.56 Å². The fourth-order valence-corrected chi connectivity index (χ4v) is 1.74. The van der Waals surface area contributed by atoms with Crippen LogP contribution in [0.15, 0.2) is 36.4 Å². The van der Waals surface area contributed by atoms with Gasteiger partial charge in [0.15, 0.2) is 0 Å². The molecule has 18 heavy (non-hydrogen) atoms. The number of anilines is 1. The largest absolute Gasteiger partial charge is 0.487 e. The molecule has 0 aliphatic rings. The van der Waals surface area contributed by atoms with Gasteiger partial charge in [-0.15, -0.1) is 0 Å². The van der Waals surface area contributed by atoms with Crippen molar-refractivity contribution in [3.8, 4) is 5.75 Å². The molecule has 0 radical (unpaired) electrons. The van der Waals surface area contributed by atoms with Crippen LogP contribution in [0.3, 0.4) is 0 Å². The summed E-state index contributed by atoms with van der Waals surface area (Å²) in [6, 6.07) is 9.43. The smallest absolute Gasteiger partial charge is 0.146 e. The van der Waals surface area contributed by atoms with E-state index in [0.717, 1.165) is 0 Å². The van der Waals surface area contributed by atoms with Crippen LogP contribution in [0.4, 0.5) is 10.1 Å². The molecular formula is C13H10Cl2FNO. The Morgan fingerprint density at radius 1 is 1.11 bits per heavy atom. The monoisotopic (exact) mass is 285 g/mol. The molecule has 0 fully saturated rings. The maximum absolute atomic E-state index is 13.2. The highest BCUT2D eigenvalue weighted by Crippen LogP contribution is 2.28. The zero-order valence-electron chi connectivity index (χ0n) is 9.29. The number of nitrogens with two attached hydrogens (primary N) is 1. The number of ether oxygens (including phenoxy) is 1. The van der Waals surface area contributed by atoms with Crippen molar-refractivity contribution in [1.29, 1.82) is 0 Å². The van der Waals surface area contributed by atoms with Crippen LogP contribution < -0.4 is 10.5 Å². The summed E-state index contributed by atoms with van der Waals surface area (Å²) in [5.74, 6) is -0.00492. The van der Waals surface area contributed by atoms with Gasteiger partial charge in [-0.1, -0.05) is 29.3 Å². The van der Waals surface area contributed by atoms with Gasteiger partial charge in [0.2, 0.25) is 0 Å². The average molecular weight is 286 g/mol. The van der Waals surface area contributed by atoms with Crippen molar-refractivity contribution < 1.29 is 9.13 Å². The summed E-state index contributed by atoms with van der Waals surface area (Å²) in [6.07, 6.45) is 0. The lowest BCUT2D eigenvalue weighted by Gasteiger charge is -2.09. The lowest BCUT2D eigenvalue weighted by atomic mass is 10.2. The van der Waals surface area contributed by atoms with E-state index in [9.17, 15) is 4.39 Å². The van der Waals surface area contributed by atoms with Gasteiger partial charge < -0.3 is 10.5 Å². The van der Waals surface area contributed by atoms with E-state index in [1.165, 1.54) is 12.1 Å². The highest BCUT2D eigenvalue weighted by Gasteiger charge is 2.05. The van der Waals surface area contributed by atoms with Crippen LogP contribution in [0, 0.1) is 5.82 Å². The lowest BCUT2D eigenvalue weighted by Crippen LogP contribution is -1.98. The second-order valence-electron chi connectivity index (χ2n) is 3.72. The average Bonchev–Trinajstić information content (AvgIpc) is 2.34. The van der Waals surface area contributed by atoms with Gasteiger partial charge in [0, 0.05) is 11.1 Å². The highest BCUT2D eigenvalue weighted by atomic mass is 35.5. The quantitative estimate of drug-likeness (QED) is 0.854. The summed E-state index contributed by atoms with van der Waals surface area (Å²) in [7, 11) is 0. The number of benzene rings is 2. The van der Waals surface area contributed by atoms with Crippen LogP contribution in [0.25, 0.3) is 0 Å². The van der Waals surface area contributed by atoms with E-state index in [4.69, 9.17) is 33.7 Å². The van der Waals surface area contributed by atoms with E-state index in [-0.39, 0.29) is 12.3 Å². The Bertz CT molecular complexity index is 575. The molecule has 5 heteroatoms. The van der Waals surface area contributed by atoms with Crippen LogP contribution in [0.2, 0.25) is 10.0 Å². The van der Waals surface area contributed by atoms with E-state index in [1.54, 1.807) is 24.3 Å². The van der Waals surface area contributed by atoms with Crippen molar-refractivity contribution in [2.24, 2.45) is 0 Å². The zero-order chi connectivity index (χ0) is 13.1. The Morgan fingerprint density at radius 2 is 1.89 bits per heavy atom. The molecule has 0 aliphatic heterocycles. The molecule has 2 N–H and O–H groups in total. The van der Waals surface area contributed by atoms with Crippen LogP contribution in [-0.4, -0.2) is 0 Å². The van der Waals surface area contributed by atoms with E-state index >= 15 is 0 Å². The molecule has 2 aromatic carbocycles. The first kappa shape index (κ1) is 13.0. The molecule has 0 saturated heterocycles. The Labute approximate surface area is 114 Å². The van der Waals surface area contributed by atoms with Gasteiger partial charge in [-0.05, 0) is 29.8 Å². The summed E-state index contributed by atoms with van der Waals surface area (Å²) in [5.41, 5.74) is 6.16. The van der Waals surface area contributed by atoms with Gasteiger partial charge in [0.05, 0.1) is 10.7 Å². The summed E-state index contributed by atoms with van der Waals surface area (Å²) in [5, 5.41) is 0.980. The standard InChI is InChI=1S/C13H10Cl2FNO/c14-9-2-3-10(15)13(6-9)18-7-8-1-4-12(17)11(16)5-8/h1-6H,7,17H2. The third-order valence-electron chi connectivity index (χ3n) is 2.35. The maximum atomic E-state index is 13.2. The van der Waals surface area contributed by atoms with Crippen molar-refractivity contribution in [3.05, 3.63) is 57.8 Å². The minimum atomic E-state index is -0.465. The summed E-state index contributed by atoms with van der Waals surface area (Å²) in [6.45, 7) is 0.192. The number of hydrogen-bond donors (Lipinski definition) is 1. The fraction of sp³-hybridized carbons (Fsp3) is 0.0769. The Balaban J connectivity index is 2.11. The Hall–Kier alpha value is -1.45. The molecule has 0 atom stereocenters. The van der Waals surface area contributed by atoms with E-state index in [0.29, 0.717) is 21.4 Å². The molecule has 94 valence electrons. The predicted octanol–water partition coefficient (Wildman–Crippen LogP) is 4.29. The fourth-order valence-electron chi connectivity index (χ4n) is 1.41. The maximum Gasteiger partial charge on any atom is 0.146 e. The third-order valence-corrected chi connectivity index (χ3v) is 2.90. The third kappa shape index (κ3) is 3.06. The zero-order valence-corrected chi connectivity index (χ0v) is 10.8. The number of rotatable bonds is 3. The van der Waals surface area contributed by atoms with Gasteiger partial charge in [-0.25, -0.2) is 4.39 Å². The van der Waals surface area contributed by atoms with Crippen LogP contribution in [-0.2, 0) is 6.61 Å². The molecule has 0 bridgehead atoms. The first-order chi connectivity index (χ1) is 8.56. The topological polar surface area (TPSA) is 35.2 Å². The normalized spacial score (nSPS) is 10.4. The highest BCUT2D eigenvalue weighted by molar-refractivity contribution is 6.34. The van der Waals surface area contributed by atoms with Crippen LogP contribution >= 0.6 is 23.2 Å². The first-order valence-corrected chi connectivity index (χ1v) is 5.93. The number of halogens is 3. The molecule has 2 aromatic rings. The molecule has 0 spiro atoms. The molecule has 0 aromatic heterocycles. The second kappa shape index (κ2) is 5.46. The van der Waals surface area contributed by atoms with Crippen molar-refractivity contribution in [2.45, 2.75) is 6.61 Å². The van der Waals surface area contributed by atoms with Gasteiger partial charge in [-0.3, -0.25) is 0 Å². The lowest BCUT2D eigenvalue weighted by molar-refractivity contribution is 0.306.